The lowest BCUT2D eigenvalue weighted by molar-refractivity contribution is -0.117. The number of rotatable bonds is 10. The standard InChI is InChI=1S/C31H31FN4O5/c1-39-25-14-8-21(9-15-25)28-19-36(24-12-10-23(32)11-13-24)31(33-28)34-29(37)20-35(18-27-7-4-16-41-27)30(38)22-5-3-6-26(17-22)40-2/h3,5-6,8-15,17,19,27H,4,7,16,18,20H2,1-2H3,(H,33,34,37). The fraction of sp³-hybridized carbons (Fsp3) is 0.258. The molecule has 0 radical (unpaired) electrons. The summed E-state index contributed by atoms with van der Waals surface area (Å²) >= 11 is 0. The Morgan fingerprint density at radius 2 is 1.80 bits per heavy atom. The summed E-state index contributed by atoms with van der Waals surface area (Å²) in [6.07, 6.45) is 3.32. The fourth-order valence-electron chi connectivity index (χ4n) is 4.70. The SMILES string of the molecule is COc1ccc(-c2cn(-c3ccc(F)cc3)c(NC(=O)CN(CC3CCCO3)C(=O)c3cccc(OC)c3)n2)cc1. The molecule has 0 aliphatic carbocycles. The maximum absolute atomic E-state index is 13.7. The van der Waals surface area contributed by atoms with E-state index in [1.54, 1.807) is 54.3 Å². The van der Waals surface area contributed by atoms with Gasteiger partial charge in [0.05, 0.1) is 26.0 Å². The number of nitrogens with one attached hydrogen (secondary N) is 1. The second-order valence-corrected chi connectivity index (χ2v) is 9.63. The zero-order valence-corrected chi connectivity index (χ0v) is 22.9. The molecule has 1 aromatic heterocycles. The van der Waals surface area contributed by atoms with Gasteiger partial charge in [0.1, 0.15) is 23.9 Å². The van der Waals surface area contributed by atoms with E-state index in [-0.39, 0.29) is 36.9 Å². The van der Waals surface area contributed by atoms with Crippen molar-refractivity contribution in [1.29, 1.82) is 0 Å². The van der Waals surface area contributed by atoms with Crippen molar-refractivity contribution in [3.8, 4) is 28.4 Å². The number of carbonyl (C=O) groups excluding carboxylic acids is 2. The first-order valence-corrected chi connectivity index (χ1v) is 13.3. The van der Waals surface area contributed by atoms with E-state index in [1.165, 1.54) is 24.1 Å². The molecule has 0 saturated carbocycles. The summed E-state index contributed by atoms with van der Waals surface area (Å²) in [5.41, 5.74) is 2.41. The van der Waals surface area contributed by atoms with E-state index in [0.29, 0.717) is 35.1 Å². The highest BCUT2D eigenvalue weighted by Gasteiger charge is 2.26. The number of benzene rings is 3. The average Bonchev–Trinajstić information content (AvgIpc) is 3.67. The first kappa shape index (κ1) is 27.9. The molecule has 1 N–H and O–H groups in total. The van der Waals surface area contributed by atoms with Crippen LogP contribution in [-0.2, 0) is 9.53 Å². The Labute approximate surface area is 237 Å². The first-order valence-electron chi connectivity index (χ1n) is 13.3. The van der Waals surface area contributed by atoms with Crippen LogP contribution >= 0.6 is 0 Å². The predicted molar refractivity (Wildman–Crippen MR) is 152 cm³/mol. The maximum atomic E-state index is 13.7. The number of carbonyl (C=O) groups is 2. The molecule has 212 valence electrons. The first-order chi connectivity index (χ1) is 19.9. The maximum Gasteiger partial charge on any atom is 0.254 e. The van der Waals surface area contributed by atoms with Crippen molar-refractivity contribution in [2.24, 2.45) is 0 Å². The van der Waals surface area contributed by atoms with Crippen LogP contribution < -0.4 is 14.8 Å². The lowest BCUT2D eigenvalue weighted by Crippen LogP contribution is -2.42. The Balaban J connectivity index is 1.41. The van der Waals surface area contributed by atoms with Crippen LogP contribution in [0.2, 0.25) is 0 Å². The van der Waals surface area contributed by atoms with Crippen molar-refractivity contribution in [3.63, 3.8) is 0 Å². The van der Waals surface area contributed by atoms with E-state index < -0.39 is 5.91 Å². The molecular formula is C31H31FN4O5. The Morgan fingerprint density at radius 3 is 2.49 bits per heavy atom. The van der Waals surface area contributed by atoms with Gasteiger partial charge in [-0.05, 0) is 79.6 Å². The average molecular weight is 559 g/mol. The molecule has 1 atom stereocenters. The van der Waals surface area contributed by atoms with Crippen LogP contribution in [0.3, 0.4) is 0 Å². The number of hydrogen-bond acceptors (Lipinski definition) is 6. The number of halogens is 1. The second-order valence-electron chi connectivity index (χ2n) is 9.63. The van der Waals surface area contributed by atoms with Crippen molar-refractivity contribution in [2.45, 2.75) is 18.9 Å². The van der Waals surface area contributed by atoms with Crippen molar-refractivity contribution in [1.82, 2.24) is 14.5 Å². The van der Waals surface area contributed by atoms with Gasteiger partial charge in [0.15, 0.2) is 0 Å². The molecule has 5 rings (SSSR count). The van der Waals surface area contributed by atoms with Crippen molar-refractivity contribution in [3.05, 3.63) is 90.4 Å². The topological polar surface area (TPSA) is 94.9 Å². The lowest BCUT2D eigenvalue weighted by Gasteiger charge is -2.25. The molecule has 3 aromatic carbocycles. The number of imidazole rings is 1. The van der Waals surface area contributed by atoms with Crippen LogP contribution in [0.4, 0.5) is 10.3 Å². The van der Waals surface area contributed by atoms with Gasteiger partial charge in [-0.25, -0.2) is 9.37 Å². The van der Waals surface area contributed by atoms with E-state index in [2.05, 4.69) is 10.3 Å². The van der Waals surface area contributed by atoms with Gasteiger partial charge < -0.3 is 19.1 Å². The molecule has 1 fully saturated rings. The van der Waals surface area contributed by atoms with E-state index in [1.807, 2.05) is 24.3 Å². The van der Waals surface area contributed by atoms with E-state index in [9.17, 15) is 14.0 Å². The molecule has 9 nitrogen and oxygen atoms in total. The van der Waals surface area contributed by atoms with Crippen LogP contribution in [0.15, 0.2) is 79.0 Å². The van der Waals surface area contributed by atoms with Gasteiger partial charge in [-0.1, -0.05) is 6.07 Å². The predicted octanol–water partition coefficient (Wildman–Crippen LogP) is 4.96. The molecule has 1 unspecified atom stereocenters. The van der Waals surface area contributed by atoms with E-state index >= 15 is 0 Å². The molecule has 0 spiro atoms. The molecule has 2 amide bonds. The number of methoxy groups -OCH3 is 2. The third-order valence-electron chi connectivity index (χ3n) is 6.83. The van der Waals surface area contributed by atoms with Gasteiger partial charge in [-0.15, -0.1) is 0 Å². The van der Waals surface area contributed by atoms with Gasteiger partial charge >= 0.3 is 0 Å². The van der Waals surface area contributed by atoms with E-state index in [4.69, 9.17) is 14.2 Å². The Bertz CT molecular complexity index is 1500. The molecule has 4 aromatic rings. The third-order valence-corrected chi connectivity index (χ3v) is 6.83. The second kappa shape index (κ2) is 12.6. The van der Waals surface area contributed by atoms with Gasteiger partial charge in [-0.3, -0.25) is 19.5 Å². The fourth-order valence-corrected chi connectivity index (χ4v) is 4.70. The number of anilines is 1. The Kier molecular flexibility index (Phi) is 8.59. The number of nitrogens with zero attached hydrogens (tertiary/aromatic N) is 3. The highest BCUT2D eigenvalue weighted by atomic mass is 19.1. The summed E-state index contributed by atoms with van der Waals surface area (Å²) in [7, 11) is 3.12. The summed E-state index contributed by atoms with van der Waals surface area (Å²) in [5, 5.41) is 2.86. The zero-order valence-electron chi connectivity index (χ0n) is 22.9. The minimum Gasteiger partial charge on any atom is -0.497 e. The van der Waals surface area contributed by atoms with Crippen LogP contribution in [0.5, 0.6) is 11.5 Å². The minimum absolute atomic E-state index is 0.153. The quantitative estimate of drug-likeness (QED) is 0.296. The van der Waals surface area contributed by atoms with Gasteiger partial charge in [0.25, 0.3) is 5.91 Å². The monoisotopic (exact) mass is 558 g/mol. The summed E-state index contributed by atoms with van der Waals surface area (Å²) in [5.74, 6) is 0.357. The lowest BCUT2D eigenvalue weighted by atomic mass is 10.1. The summed E-state index contributed by atoms with van der Waals surface area (Å²) in [6.45, 7) is 0.679. The van der Waals surface area contributed by atoms with Crippen molar-refractivity contribution < 1.29 is 28.2 Å². The van der Waals surface area contributed by atoms with Gasteiger partial charge in [0.2, 0.25) is 11.9 Å². The van der Waals surface area contributed by atoms with Crippen molar-refractivity contribution >= 4 is 17.8 Å². The van der Waals surface area contributed by atoms with E-state index in [0.717, 1.165) is 18.4 Å². The molecule has 10 heteroatoms. The largest absolute Gasteiger partial charge is 0.497 e. The molecule has 2 heterocycles. The van der Waals surface area contributed by atoms with Crippen molar-refractivity contribution in [2.75, 3.05) is 39.2 Å². The number of aromatic nitrogens is 2. The normalized spacial score (nSPS) is 14.5. The van der Waals surface area contributed by atoms with Gasteiger partial charge in [-0.2, -0.15) is 0 Å². The smallest absolute Gasteiger partial charge is 0.254 e. The van der Waals surface area contributed by atoms with Crippen LogP contribution in [0.1, 0.15) is 23.2 Å². The van der Waals surface area contributed by atoms with Gasteiger partial charge in [0, 0.05) is 36.2 Å². The summed E-state index contributed by atoms with van der Waals surface area (Å²) in [6, 6.07) is 20.0. The minimum atomic E-state index is -0.436. The molecule has 1 aliphatic rings. The highest BCUT2D eigenvalue weighted by molar-refractivity contribution is 5.99. The highest BCUT2D eigenvalue weighted by Crippen LogP contribution is 2.26. The molecule has 0 bridgehead atoms. The molecule has 1 saturated heterocycles. The van der Waals surface area contributed by atoms with Crippen LogP contribution in [-0.4, -0.2) is 66.3 Å². The summed E-state index contributed by atoms with van der Waals surface area (Å²) < 4.78 is 31.6. The van der Waals surface area contributed by atoms with Crippen LogP contribution in [0, 0.1) is 5.82 Å². The number of amides is 2. The molecule has 41 heavy (non-hydrogen) atoms. The molecule has 1 aliphatic heterocycles. The number of hydrogen-bond donors (Lipinski definition) is 1. The van der Waals surface area contributed by atoms with Crippen LogP contribution in [0.25, 0.3) is 16.9 Å². The Morgan fingerprint density at radius 1 is 1.05 bits per heavy atom. The molecular weight excluding hydrogens is 527 g/mol. The number of ether oxygens (including phenoxy) is 3. The Hall–Kier alpha value is -4.70. The summed E-state index contributed by atoms with van der Waals surface area (Å²) in [4.78, 5) is 33.1. The zero-order chi connectivity index (χ0) is 28.8. The third kappa shape index (κ3) is 6.72.